The second-order valence-corrected chi connectivity index (χ2v) is 4.04. The molecule has 86 valence electrons. The van der Waals surface area contributed by atoms with Crippen molar-refractivity contribution in [1.29, 1.82) is 0 Å². The number of aromatic nitrogens is 1. The summed E-state index contributed by atoms with van der Waals surface area (Å²) in [6.07, 6.45) is 4.94. The molecule has 1 heterocycles. The molecule has 0 bridgehead atoms. The van der Waals surface area contributed by atoms with E-state index in [4.69, 9.17) is 4.42 Å². The summed E-state index contributed by atoms with van der Waals surface area (Å²) in [4.78, 5) is 4.27. The van der Waals surface area contributed by atoms with Crippen molar-refractivity contribution in [3.05, 3.63) is 17.8 Å². The van der Waals surface area contributed by atoms with Gasteiger partial charge in [0.1, 0.15) is 5.76 Å². The van der Waals surface area contributed by atoms with Crippen LogP contribution >= 0.6 is 0 Å². The van der Waals surface area contributed by atoms with Crippen molar-refractivity contribution in [1.82, 2.24) is 10.3 Å². The molecular formula is C12H22N2O. The number of nitrogens with zero attached hydrogens (tertiary/aromatic N) is 1. The summed E-state index contributed by atoms with van der Waals surface area (Å²) in [6.45, 7) is 8.48. The first kappa shape index (κ1) is 12.2. The summed E-state index contributed by atoms with van der Waals surface area (Å²) < 4.78 is 5.65. The summed E-state index contributed by atoms with van der Waals surface area (Å²) in [6, 6.07) is 0. The molecule has 1 rings (SSSR count). The van der Waals surface area contributed by atoms with E-state index in [0.717, 1.165) is 37.6 Å². The average Bonchev–Trinajstić information content (AvgIpc) is 2.66. The maximum atomic E-state index is 5.65. The van der Waals surface area contributed by atoms with Crippen LogP contribution in [0.3, 0.4) is 0 Å². The highest BCUT2D eigenvalue weighted by Gasteiger charge is 2.07. The number of hydrogen-bond acceptors (Lipinski definition) is 3. The Kier molecular flexibility index (Phi) is 5.40. The monoisotopic (exact) mass is 210 g/mol. The predicted octanol–water partition coefficient (Wildman–Crippen LogP) is 2.42. The van der Waals surface area contributed by atoms with Crippen molar-refractivity contribution in [3.8, 4) is 0 Å². The highest BCUT2D eigenvalue weighted by Crippen LogP contribution is 2.12. The van der Waals surface area contributed by atoms with Gasteiger partial charge >= 0.3 is 0 Å². The van der Waals surface area contributed by atoms with Gasteiger partial charge in [-0.15, -0.1) is 0 Å². The standard InChI is InChI=1S/C12H22N2O/c1-4-10(3)8-11-9-14-12(15-11)6-7-13-5-2/h9-10,13H,4-8H2,1-3H3. The molecular weight excluding hydrogens is 188 g/mol. The lowest BCUT2D eigenvalue weighted by Crippen LogP contribution is -2.16. The van der Waals surface area contributed by atoms with E-state index < -0.39 is 0 Å². The van der Waals surface area contributed by atoms with E-state index in [1.807, 2.05) is 6.20 Å². The number of hydrogen-bond donors (Lipinski definition) is 1. The van der Waals surface area contributed by atoms with Crippen LogP contribution in [-0.2, 0) is 12.8 Å². The smallest absolute Gasteiger partial charge is 0.195 e. The molecule has 3 heteroatoms. The van der Waals surface area contributed by atoms with E-state index in [9.17, 15) is 0 Å². The van der Waals surface area contributed by atoms with Crippen LogP contribution in [0.1, 0.15) is 38.8 Å². The maximum Gasteiger partial charge on any atom is 0.195 e. The topological polar surface area (TPSA) is 38.1 Å². The van der Waals surface area contributed by atoms with Gasteiger partial charge in [-0.25, -0.2) is 4.98 Å². The molecule has 0 aliphatic rings. The molecule has 1 unspecified atom stereocenters. The van der Waals surface area contributed by atoms with Gasteiger partial charge in [0.25, 0.3) is 0 Å². The zero-order chi connectivity index (χ0) is 11.1. The average molecular weight is 210 g/mol. The van der Waals surface area contributed by atoms with Crippen molar-refractivity contribution >= 4 is 0 Å². The first-order chi connectivity index (χ1) is 7.26. The molecule has 1 N–H and O–H groups in total. The zero-order valence-electron chi connectivity index (χ0n) is 10.0. The van der Waals surface area contributed by atoms with E-state index in [1.54, 1.807) is 0 Å². The Labute approximate surface area is 92.3 Å². The van der Waals surface area contributed by atoms with E-state index in [0.29, 0.717) is 5.92 Å². The Hall–Kier alpha value is -0.830. The van der Waals surface area contributed by atoms with Crippen LogP contribution in [0.5, 0.6) is 0 Å². The Morgan fingerprint density at radius 3 is 2.93 bits per heavy atom. The van der Waals surface area contributed by atoms with Crippen molar-refractivity contribution in [3.63, 3.8) is 0 Å². The second kappa shape index (κ2) is 6.62. The van der Waals surface area contributed by atoms with Gasteiger partial charge in [-0.1, -0.05) is 27.2 Å². The molecule has 0 aliphatic carbocycles. The van der Waals surface area contributed by atoms with Crippen molar-refractivity contribution in [2.45, 2.75) is 40.0 Å². The minimum atomic E-state index is 0.680. The Balaban J connectivity index is 2.35. The lowest BCUT2D eigenvalue weighted by atomic mass is 10.0. The van der Waals surface area contributed by atoms with Crippen LogP contribution in [0.15, 0.2) is 10.6 Å². The lowest BCUT2D eigenvalue weighted by molar-refractivity contribution is 0.416. The molecule has 0 amide bonds. The van der Waals surface area contributed by atoms with Gasteiger partial charge in [-0.2, -0.15) is 0 Å². The molecule has 0 aromatic carbocycles. The molecule has 0 radical (unpaired) electrons. The fraction of sp³-hybridized carbons (Fsp3) is 0.750. The minimum absolute atomic E-state index is 0.680. The van der Waals surface area contributed by atoms with Gasteiger partial charge in [0.15, 0.2) is 5.89 Å². The summed E-state index contributed by atoms with van der Waals surface area (Å²) in [5.74, 6) is 2.56. The molecule has 0 fully saturated rings. The van der Waals surface area contributed by atoms with Gasteiger partial charge in [0.05, 0.1) is 6.20 Å². The van der Waals surface area contributed by atoms with Crippen LogP contribution < -0.4 is 5.32 Å². The SMILES string of the molecule is CCNCCc1ncc(CC(C)CC)o1. The van der Waals surface area contributed by atoms with Gasteiger partial charge in [0, 0.05) is 19.4 Å². The fourth-order valence-corrected chi connectivity index (χ4v) is 1.42. The Bertz CT molecular complexity index is 270. The van der Waals surface area contributed by atoms with Gasteiger partial charge in [-0.05, 0) is 12.5 Å². The molecule has 15 heavy (non-hydrogen) atoms. The maximum absolute atomic E-state index is 5.65. The van der Waals surface area contributed by atoms with E-state index in [-0.39, 0.29) is 0 Å². The first-order valence-electron chi connectivity index (χ1n) is 5.90. The molecule has 1 aromatic heterocycles. The lowest BCUT2D eigenvalue weighted by Gasteiger charge is -2.03. The number of nitrogens with one attached hydrogen (secondary N) is 1. The molecule has 3 nitrogen and oxygen atoms in total. The van der Waals surface area contributed by atoms with Crippen LogP contribution in [0, 0.1) is 5.92 Å². The molecule has 0 spiro atoms. The van der Waals surface area contributed by atoms with Gasteiger partial charge in [0.2, 0.25) is 0 Å². The van der Waals surface area contributed by atoms with Crippen LogP contribution in [0.2, 0.25) is 0 Å². The fourth-order valence-electron chi connectivity index (χ4n) is 1.42. The molecule has 0 saturated carbocycles. The van der Waals surface area contributed by atoms with Crippen LogP contribution in [-0.4, -0.2) is 18.1 Å². The number of likely N-dealkylation sites (N-methyl/N-ethyl adjacent to an activating group) is 1. The van der Waals surface area contributed by atoms with Crippen molar-refractivity contribution in [2.75, 3.05) is 13.1 Å². The highest BCUT2D eigenvalue weighted by atomic mass is 16.4. The summed E-state index contributed by atoms with van der Waals surface area (Å²) in [7, 11) is 0. The third-order valence-electron chi connectivity index (χ3n) is 2.61. The highest BCUT2D eigenvalue weighted by molar-refractivity contribution is 4.95. The van der Waals surface area contributed by atoms with Gasteiger partial charge < -0.3 is 9.73 Å². The third-order valence-corrected chi connectivity index (χ3v) is 2.61. The van der Waals surface area contributed by atoms with Crippen molar-refractivity contribution < 1.29 is 4.42 Å². The zero-order valence-corrected chi connectivity index (χ0v) is 10.0. The predicted molar refractivity (Wildman–Crippen MR) is 61.9 cm³/mol. The van der Waals surface area contributed by atoms with Crippen molar-refractivity contribution in [2.24, 2.45) is 5.92 Å². The number of rotatable bonds is 7. The minimum Gasteiger partial charge on any atom is -0.446 e. The van der Waals surface area contributed by atoms with E-state index >= 15 is 0 Å². The Morgan fingerprint density at radius 2 is 2.27 bits per heavy atom. The Morgan fingerprint density at radius 1 is 1.47 bits per heavy atom. The van der Waals surface area contributed by atoms with E-state index in [1.165, 1.54) is 6.42 Å². The second-order valence-electron chi connectivity index (χ2n) is 4.04. The van der Waals surface area contributed by atoms with Crippen LogP contribution in [0.4, 0.5) is 0 Å². The largest absolute Gasteiger partial charge is 0.446 e. The quantitative estimate of drug-likeness (QED) is 0.702. The van der Waals surface area contributed by atoms with Crippen LogP contribution in [0.25, 0.3) is 0 Å². The third kappa shape index (κ3) is 4.47. The number of oxazole rings is 1. The summed E-state index contributed by atoms with van der Waals surface area (Å²) in [5, 5.41) is 3.26. The molecule has 0 saturated heterocycles. The van der Waals surface area contributed by atoms with E-state index in [2.05, 4.69) is 31.1 Å². The van der Waals surface area contributed by atoms with Gasteiger partial charge in [-0.3, -0.25) is 0 Å². The summed E-state index contributed by atoms with van der Waals surface area (Å²) >= 11 is 0. The molecule has 0 aliphatic heterocycles. The molecule has 1 aromatic rings. The molecule has 1 atom stereocenters. The normalized spacial score (nSPS) is 13.0. The first-order valence-corrected chi connectivity index (χ1v) is 5.90. The summed E-state index contributed by atoms with van der Waals surface area (Å²) in [5.41, 5.74) is 0.